The van der Waals surface area contributed by atoms with Gasteiger partial charge in [-0.05, 0) is 56.0 Å². The number of Topliss-reactive ketones (excluding diaryl/α,β-unsaturated/α-hetero) is 1. The highest BCUT2D eigenvalue weighted by Crippen LogP contribution is 2.28. The van der Waals surface area contributed by atoms with Gasteiger partial charge in [0.05, 0.1) is 12.3 Å². The summed E-state index contributed by atoms with van der Waals surface area (Å²) in [5.41, 5.74) is 2.42. The number of nitrogens with zero attached hydrogens (tertiary/aromatic N) is 2. The van der Waals surface area contributed by atoms with Gasteiger partial charge in [0.2, 0.25) is 0 Å². The number of imidazole rings is 1. The molecule has 0 unspecified atom stereocenters. The Kier molecular flexibility index (Phi) is 5.86. The highest BCUT2D eigenvalue weighted by Gasteiger charge is 2.23. The maximum atomic E-state index is 13.6. The fourth-order valence-electron chi connectivity index (χ4n) is 3.38. The molecule has 1 aromatic carbocycles. The molecule has 0 amide bonds. The largest absolute Gasteiger partial charge is 0.490 e. The van der Waals surface area contributed by atoms with Crippen LogP contribution in [0.25, 0.3) is 5.65 Å². The summed E-state index contributed by atoms with van der Waals surface area (Å²) in [5, 5.41) is 9.39. The van der Waals surface area contributed by atoms with Crippen LogP contribution in [0, 0.1) is 12.7 Å². The number of ketones is 1. The molecule has 0 saturated carbocycles. The third-order valence-electron chi connectivity index (χ3n) is 4.58. The first-order valence-corrected chi connectivity index (χ1v) is 9.05. The van der Waals surface area contributed by atoms with Gasteiger partial charge in [-0.3, -0.25) is 9.20 Å². The van der Waals surface area contributed by atoms with Gasteiger partial charge in [0.15, 0.2) is 17.2 Å². The lowest BCUT2D eigenvalue weighted by Gasteiger charge is -2.16. The van der Waals surface area contributed by atoms with E-state index in [-0.39, 0.29) is 30.5 Å². The third-order valence-corrected chi connectivity index (χ3v) is 4.58. The van der Waals surface area contributed by atoms with Gasteiger partial charge in [-0.2, -0.15) is 0 Å². The quantitative estimate of drug-likeness (QED) is 0.611. The summed E-state index contributed by atoms with van der Waals surface area (Å²) in [6.07, 6.45) is 2.33. The van der Waals surface area contributed by atoms with Crippen molar-refractivity contribution in [2.75, 3.05) is 13.2 Å². The number of carbonyl (C=O) groups is 1. The molecule has 2 aromatic heterocycles. The van der Waals surface area contributed by atoms with Crippen molar-refractivity contribution in [3.63, 3.8) is 0 Å². The van der Waals surface area contributed by atoms with Gasteiger partial charge in [0.1, 0.15) is 11.5 Å². The predicted molar refractivity (Wildman–Crippen MR) is 101 cm³/mol. The van der Waals surface area contributed by atoms with Crippen molar-refractivity contribution >= 4 is 11.4 Å². The Morgan fingerprint density at radius 1 is 1.33 bits per heavy atom. The monoisotopic (exact) mass is 370 g/mol. The summed E-state index contributed by atoms with van der Waals surface area (Å²) in [6, 6.07) is 9.82. The smallest absolute Gasteiger partial charge is 0.182 e. The van der Waals surface area contributed by atoms with E-state index in [1.165, 1.54) is 12.1 Å². The molecule has 0 radical (unpaired) electrons. The molecule has 0 aliphatic rings. The van der Waals surface area contributed by atoms with E-state index >= 15 is 0 Å². The molecule has 0 fully saturated rings. The molecule has 1 N–H and O–H groups in total. The van der Waals surface area contributed by atoms with Crippen LogP contribution < -0.4 is 4.74 Å². The highest BCUT2D eigenvalue weighted by molar-refractivity contribution is 5.97. The molecule has 6 heteroatoms. The number of pyridine rings is 1. The second-order valence-electron chi connectivity index (χ2n) is 6.44. The minimum atomic E-state index is -0.352. The van der Waals surface area contributed by atoms with Gasteiger partial charge in [-0.1, -0.05) is 12.1 Å². The van der Waals surface area contributed by atoms with Crippen LogP contribution in [-0.2, 0) is 0 Å². The number of benzene rings is 1. The molecule has 27 heavy (non-hydrogen) atoms. The van der Waals surface area contributed by atoms with Crippen LogP contribution in [-0.4, -0.2) is 33.5 Å². The molecule has 0 saturated heterocycles. The number of ether oxygens (including phenoxy) is 1. The zero-order valence-corrected chi connectivity index (χ0v) is 15.5. The third kappa shape index (κ3) is 4.01. The van der Waals surface area contributed by atoms with Crippen molar-refractivity contribution in [3.8, 4) is 5.75 Å². The first-order valence-electron chi connectivity index (χ1n) is 9.05. The Morgan fingerprint density at radius 3 is 2.85 bits per heavy atom. The molecule has 0 bridgehead atoms. The van der Waals surface area contributed by atoms with Crippen LogP contribution >= 0.6 is 0 Å². The molecular formula is C21H23FN2O3. The Morgan fingerprint density at radius 2 is 2.15 bits per heavy atom. The maximum absolute atomic E-state index is 13.6. The lowest BCUT2D eigenvalue weighted by atomic mass is 9.90. The van der Waals surface area contributed by atoms with E-state index in [1.807, 2.05) is 19.1 Å². The zero-order chi connectivity index (χ0) is 19.4. The molecule has 2 heterocycles. The van der Waals surface area contributed by atoms with Crippen LogP contribution in [0.15, 0.2) is 42.6 Å². The molecule has 0 aliphatic heterocycles. The second-order valence-corrected chi connectivity index (χ2v) is 6.44. The van der Waals surface area contributed by atoms with Gasteiger partial charge < -0.3 is 9.84 Å². The predicted octanol–water partition coefficient (Wildman–Crippen LogP) is 3.92. The normalized spacial score (nSPS) is 12.3. The molecule has 0 spiro atoms. The molecule has 5 nitrogen and oxygen atoms in total. The number of fused-ring (bicyclic) bond motifs is 1. The summed E-state index contributed by atoms with van der Waals surface area (Å²) >= 11 is 0. The number of rotatable bonds is 8. The van der Waals surface area contributed by atoms with Crippen molar-refractivity contribution < 1.29 is 19.0 Å². The average molecular weight is 370 g/mol. The standard InChI is InChI=1S/C21H23FN2O3/c1-3-27-19-8-5-10-24-20(14(2)23-21(19)24)18(26)13-16(9-11-25)15-6-4-7-17(22)12-15/h4-8,10,12,16,25H,3,9,11,13H2,1-2H3/t16-/m1/s1. The lowest BCUT2D eigenvalue weighted by Crippen LogP contribution is -2.12. The topological polar surface area (TPSA) is 63.8 Å². The van der Waals surface area contributed by atoms with E-state index in [0.29, 0.717) is 41.4 Å². The molecular weight excluding hydrogens is 347 g/mol. The minimum absolute atomic E-state index is 0.0743. The number of aromatic nitrogens is 2. The Labute approximate surface area is 157 Å². The summed E-state index contributed by atoms with van der Waals surface area (Å²) in [5.74, 6) is -0.0935. The van der Waals surface area contributed by atoms with E-state index < -0.39 is 0 Å². The number of aliphatic hydroxyl groups is 1. The fraction of sp³-hybridized carbons (Fsp3) is 0.333. The minimum Gasteiger partial charge on any atom is -0.490 e. The molecule has 3 rings (SSSR count). The number of hydrogen-bond donors (Lipinski definition) is 1. The van der Waals surface area contributed by atoms with Crippen molar-refractivity contribution in [1.82, 2.24) is 9.38 Å². The summed E-state index contributed by atoms with van der Waals surface area (Å²) in [7, 11) is 0. The van der Waals surface area contributed by atoms with E-state index in [0.717, 1.165) is 0 Å². The zero-order valence-electron chi connectivity index (χ0n) is 15.5. The van der Waals surface area contributed by atoms with Gasteiger partial charge >= 0.3 is 0 Å². The molecule has 0 aliphatic carbocycles. The van der Waals surface area contributed by atoms with Crippen molar-refractivity contribution in [2.24, 2.45) is 0 Å². The van der Waals surface area contributed by atoms with E-state index in [1.54, 1.807) is 29.7 Å². The SMILES string of the molecule is CCOc1cccn2c(C(=O)C[C@@H](CCO)c3cccc(F)c3)c(C)nc12. The van der Waals surface area contributed by atoms with E-state index in [9.17, 15) is 14.3 Å². The van der Waals surface area contributed by atoms with Crippen molar-refractivity contribution in [3.05, 3.63) is 65.4 Å². The first-order chi connectivity index (χ1) is 13.0. The van der Waals surface area contributed by atoms with Gasteiger partial charge in [-0.25, -0.2) is 9.37 Å². The van der Waals surface area contributed by atoms with Crippen LogP contribution in [0.3, 0.4) is 0 Å². The fourth-order valence-corrected chi connectivity index (χ4v) is 3.38. The van der Waals surface area contributed by atoms with Crippen molar-refractivity contribution in [1.29, 1.82) is 0 Å². The Balaban J connectivity index is 1.95. The lowest BCUT2D eigenvalue weighted by molar-refractivity contribution is 0.0963. The number of aryl methyl sites for hydroxylation is 1. The number of aliphatic hydroxyl groups excluding tert-OH is 1. The van der Waals surface area contributed by atoms with Crippen LogP contribution in [0.5, 0.6) is 5.75 Å². The van der Waals surface area contributed by atoms with Gasteiger partial charge in [0.25, 0.3) is 0 Å². The number of carbonyl (C=O) groups excluding carboxylic acids is 1. The van der Waals surface area contributed by atoms with Crippen LogP contribution in [0.2, 0.25) is 0 Å². The molecule has 1 atom stereocenters. The number of halogens is 1. The molecule has 3 aromatic rings. The van der Waals surface area contributed by atoms with Crippen molar-refractivity contribution in [2.45, 2.75) is 32.6 Å². The van der Waals surface area contributed by atoms with Gasteiger partial charge in [-0.15, -0.1) is 0 Å². The van der Waals surface area contributed by atoms with Crippen LogP contribution in [0.4, 0.5) is 4.39 Å². The van der Waals surface area contributed by atoms with E-state index in [2.05, 4.69) is 4.98 Å². The molecule has 142 valence electrons. The second kappa shape index (κ2) is 8.31. The Bertz CT molecular complexity index is 952. The van der Waals surface area contributed by atoms with E-state index in [4.69, 9.17) is 4.74 Å². The number of hydrogen-bond acceptors (Lipinski definition) is 4. The Hall–Kier alpha value is -2.73. The van der Waals surface area contributed by atoms with Gasteiger partial charge in [0, 0.05) is 19.2 Å². The summed E-state index contributed by atoms with van der Waals surface area (Å²) < 4.78 is 20.9. The maximum Gasteiger partial charge on any atom is 0.182 e. The summed E-state index contributed by atoms with van der Waals surface area (Å²) in [4.78, 5) is 17.6. The van der Waals surface area contributed by atoms with Crippen LogP contribution in [0.1, 0.15) is 47.4 Å². The summed E-state index contributed by atoms with van der Waals surface area (Å²) in [6.45, 7) is 4.12. The highest BCUT2D eigenvalue weighted by atomic mass is 19.1. The average Bonchev–Trinajstić information content (AvgIpc) is 2.98. The first kappa shape index (κ1) is 19.0.